The van der Waals surface area contributed by atoms with Crippen LogP contribution in [0.1, 0.15) is 12.0 Å². The lowest BCUT2D eigenvalue weighted by Gasteiger charge is -2.30. The van der Waals surface area contributed by atoms with Gasteiger partial charge in [0.1, 0.15) is 5.75 Å². The van der Waals surface area contributed by atoms with Crippen molar-refractivity contribution in [2.24, 2.45) is 0 Å². The number of phosphoric acid groups is 1. The normalized spacial score (nSPS) is 16.3. The lowest BCUT2D eigenvalue weighted by atomic mass is 10.1. The Morgan fingerprint density at radius 3 is 2.80 bits per heavy atom. The molecule has 0 atom stereocenters. The second kappa shape index (κ2) is 5.22. The van der Waals surface area contributed by atoms with E-state index in [0.29, 0.717) is 0 Å². The van der Waals surface area contributed by atoms with Crippen LogP contribution in [0.3, 0.4) is 0 Å². The van der Waals surface area contributed by atoms with E-state index in [-0.39, 0.29) is 5.75 Å². The highest BCUT2D eigenvalue weighted by molar-refractivity contribution is 7.46. The van der Waals surface area contributed by atoms with Gasteiger partial charge in [0.15, 0.2) is 0 Å². The van der Waals surface area contributed by atoms with Crippen LogP contribution in [0.2, 0.25) is 0 Å². The van der Waals surface area contributed by atoms with Crippen molar-refractivity contribution in [2.45, 2.75) is 12.8 Å². The average molecular weight is 296 g/mol. The quantitative estimate of drug-likeness (QED) is 0.734. The maximum absolute atomic E-state index is 10.8. The first-order chi connectivity index (χ1) is 9.51. The summed E-state index contributed by atoms with van der Waals surface area (Å²) < 4.78 is 15.4. The van der Waals surface area contributed by atoms with E-state index >= 15 is 0 Å². The number of rotatable bonds is 5. The van der Waals surface area contributed by atoms with Crippen molar-refractivity contribution < 1.29 is 18.9 Å². The Bertz CT molecular complexity index is 659. The number of H-pyrrole nitrogens is 1. The van der Waals surface area contributed by atoms with Gasteiger partial charge in [-0.3, -0.25) is 9.79 Å². The van der Waals surface area contributed by atoms with Crippen LogP contribution in [-0.4, -0.2) is 39.3 Å². The topological polar surface area (TPSA) is 85.8 Å². The molecule has 1 aromatic carbocycles. The molecule has 6 nitrogen and oxygen atoms in total. The van der Waals surface area contributed by atoms with Gasteiger partial charge < -0.3 is 14.4 Å². The summed E-state index contributed by atoms with van der Waals surface area (Å²) in [7, 11) is -4.50. The zero-order chi connectivity index (χ0) is 14.2. The van der Waals surface area contributed by atoms with Crippen molar-refractivity contribution in [3.8, 4) is 5.75 Å². The molecule has 3 N–H and O–H groups in total. The molecule has 0 bridgehead atoms. The molecule has 0 radical (unpaired) electrons. The van der Waals surface area contributed by atoms with Gasteiger partial charge in [-0.25, -0.2) is 4.57 Å². The number of aromatic nitrogens is 1. The highest BCUT2D eigenvalue weighted by Gasteiger charge is 2.17. The van der Waals surface area contributed by atoms with Crippen LogP contribution in [-0.2, 0) is 11.0 Å². The lowest BCUT2D eigenvalue weighted by molar-refractivity contribution is 0.184. The van der Waals surface area contributed by atoms with E-state index in [1.807, 2.05) is 12.3 Å². The second-order valence-corrected chi connectivity index (χ2v) is 6.21. The van der Waals surface area contributed by atoms with Gasteiger partial charge in [0.05, 0.1) is 0 Å². The van der Waals surface area contributed by atoms with Crippen LogP contribution >= 0.6 is 7.82 Å². The maximum atomic E-state index is 10.8. The fourth-order valence-corrected chi connectivity index (χ4v) is 2.84. The highest BCUT2D eigenvalue weighted by atomic mass is 31.2. The third kappa shape index (κ3) is 3.04. The molecule has 108 valence electrons. The van der Waals surface area contributed by atoms with E-state index in [0.717, 1.165) is 23.9 Å². The molecule has 1 saturated heterocycles. The number of hydrogen-bond acceptors (Lipinski definition) is 3. The van der Waals surface area contributed by atoms with E-state index in [1.54, 1.807) is 12.1 Å². The Labute approximate surface area is 116 Å². The molecule has 0 unspecified atom stereocenters. The van der Waals surface area contributed by atoms with E-state index < -0.39 is 7.82 Å². The summed E-state index contributed by atoms with van der Waals surface area (Å²) in [4.78, 5) is 23.1. The Morgan fingerprint density at radius 1 is 1.35 bits per heavy atom. The fraction of sp³-hybridized carbons (Fsp3) is 0.385. The number of hydrogen-bond donors (Lipinski definition) is 3. The molecular weight excluding hydrogens is 279 g/mol. The maximum Gasteiger partial charge on any atom is 0.524 e. The Balaban J connectivity index is 1.76. The summed E-state index contributed by atoms with van der Waals surface area (Å²) in [6, 6.07) is 5.03. The molecule has 3 rings (SSSR count). The predicted octanol–water partition coefficient (Wildman–Crippen LogP) is 1.89. The molecule has 7 heteroatoms. The summed E-state index contributed by atoms with van der Waals surface area (Å²) in [5.41, 5.74) is 2.05. The molecule has 20 heavy (non-hydrogen) atoms. The number of aromatic amines is 1. The number of likely N-dealkylation sites (tertiary alicyclic amines) is 1. The zero-order valence-electron chi connectivity index (χ0n) is 11.0. The molecule has 0 amide bonds. The van der Waals surface area contributed by atoms with Crippen molar-refractivity contribution in [3.63, 3.8) is 0 Å². The van der Waals surface area contributed by atoms with Gasteiger partial charge in [0.25, 0.3) is 0 Å². The molecule has 0 aliphatic carbocycles. The van der Waals surface area contributed by atoms with Gasteiger partial charge in [-0.1, -0.05) is 0 Å². The minimum absolute atomic E-state index is 0.168. The molecule has 1 fully saturated rings. The van der Waals surface area contributed by atoms with E-state index in [1.165, 1.54) is 25.1 Å². The molecule has 1 aromatic heterocycles. The first kappa shape index (κ1) is 13.6. The van der Waals surface area contributed by atoms with Gasteiger partial charge >= 0.3 is 7.82 Å². The number of benzene rings is 1. The SMILES string of the molecule is O=P(O)(O)Oc1ccc2c(CCN3CCC3)c[nH]c2c1. The van der Waals surface area contributed by atoms with Crippen molar-refractivity contribution in [1.82, 2.24) is 9.88 Å². The first-order valence-electron chi connectivity index (χ1n) is 6.59. The number of phosphoric ester groups is 1. The van der Waals surface area contributed by atoms with Gasteiger partial charge in [-0.15, -0.1) is 0 Å². The minimum atomic E-state index is -4.50. The van der Waals surface area contributed by atoms with Crippen molar-refractivity contribution in [2.75, 3.05) is 19.6 Å². The first-order valence-corrected chi connectivity index (χ1v) is 8.12. The average Bonchev–Trinajstić information content (AvgIpc) is 2.67. The van der Waals surface area contributed by atoms with Crippen LogP contribution < -0.4 is 4.52 Å². The summed E-state index contributed by atoms with van der Waals surface area (Å²) in [5, 5.41) is 1.07. The van der Waals surface area contributed by atoms with Gasteiger partial charge in [0.2, 0.25) is 0 Å². The zero-order valence-corrected chi connectivity index (χ0v) is 11.8. The van der Waals surface area contributed by atoms with Crippen LogP contribution in [0.15, 0.2) is 24.4 Å². The fourth-order valence-electron chi connectivity index (χ4n) is 2.45. The predicted molar refractivity (Wildman–Crippen MR) is 75.7 cm³/mol. The lowest BCUT2D eigenvalue weighted by Crippen LogP contribution is -2.38. The van der Waals surface area contributed by atoms with Crippen LogP contribution in [0, 0.1) is 0 Å². The Kier molecular flexibility index (Phi) is 3.56. The Hall–Kier alpha value is -1.33. The monoisotopic (exact) mass is 296 g/mol. The number of nitrogens with zero attached hydrogens (tertiary/aromatic N) is 1. The van der Waals surface area contributed by atoms with Gasteiger partial charge in [-0.2, -0.15) is 0 Å². The summed E-state index contributed by atoms with van der Waals surface area (Å²) in [6.07, 6.45) is 4.21. The van der Waals surface area contributed by atoms with Crippen LogP contribution in [0.25, 0.3) is 10.9 Å². The summed E-state index contributed by atoms with van der Waals surface area (Å²) in [6.45, 7) is 3.42. The molecular formula is C13H17N2O4P. The summed E-state index contributed by atoms with van der Waals surface area (Å²) >= 11 is 0. The molecule has 2 heterocycles. The Morgan fingerprint density at radius 2 is 2.15 bits per heavy atom. The number of nitrogens with one attached hydrogen (secondary N) is 1. The van der Waals surface area contributed by atoms with Crippen LogP contribution in [0.5, 0.6) is 5.75 Å². The van der Waals surface area contributed by atoms with E-state index in [2.05, 4.69) is 14.4 Å². The largest absolute Gasteiger partial charge is 0.524 e. The summed E-state index contributed by atoms with van der Waals surface area (Å²) in [5.74, 6) is 0.168. The molecule has 1 aliphatic heterocycles. The minimum Gasteiger partial charge on any atom is -0.404 e. The van der Waals surface area contributed by atoms with Crippen molar-refractivity contribution in [1.29, 1.82) is 0 Å². The highest BCUT2D eigenvalue weighted by Crippen LogP contribution is 2.38. The third-order valence-corrected chi connectivity index (χ3v) is 4.06. The molecule has 2 aromatic rings. The van der Waals surface area contributed by atoms with Crippen molar-refractivity contribution >= 4 is 18.7 Å². The van der Waals surface area contributed by atoms with E-state index in [4.69, 9.17) is 9.79 Å². The van der Waals surface area contributed by atoms with Crippen molar-refractivity contribution in [3.05, 3.63) is 30.0 Å². The van der Waals surface area contributed by atoms with Gasteiger partial charge in [-0.05, 0) is 43.6 Å². The molecule has 0 spiro atoms. The number of fused-ring (bicyclic) bond motifs is 1. The standard InChI is InChI=1S/C13H17N2O4P/c16-20(17,18)19-11-2-3-12-10(9-14-13(12)8-11)4-7-15-5-1-6-15/h2-3,8-9,14H,1,4-7H2,(H2,16,17,18). The third-order valence-electron chi connectivity index (χ3n) is 3.61. The molecule has 1 aliphatic rings. The second-order valence-electron chi connectivity index (χ2n) is 5.05. The van der Waals surface area contributed by atoms with Crippen LogP contribution in [0.4, 0.5) is 0 Å². The van der Waals surface area contributed by atoms with E-state index in [9.17, 15) is 4.57 Å². The smallest absolute Gasteiger partial charge is 0.404 e. The molecule has 0 saturated carbocycles. The van der Waals surface area contributed by atoms with Gasteiger partial charge in [0, 0.05) is 29.7 Å².